The molecule has 0 fully saturated rings. The Morgan fingerprint density at radius 2 is 2.00 bits per heavy atom. The lowest BCUT2D eigenvalue weighted by Crippen LogP contribution is -2.36. The highest BCUT2D eigenvalue weighted by molar-refractivity contribution is 5.58. The second kappa shape index (κ2) is 5.55. The van der Waals surface area contributed by atoms with E-state index in [1.165, 1.54) is 0 Å². The van der Waals surface area contributed by atoms with E-state index < -0.39 is 0 Å². The van der Waals surface area contributed by atoms with Crippen LogP contribution in [0.3, 0.4) is 0 Å². The molecule has 0 radical (unpaired) electrons. The molecule has 102 valence electrons. The van der Waals surface area contributed by atoms with Crippen LogP contribution >= 0.6 is 0 Å². The molecule has 3 rings (SSSR count). The molecule has 0 amide bonds. The van der Waals surface area contributed by atoms with Gasteiger partial charge >= 0.3 is 0 Å². The SMILES string of the molecule is Cn1n[n+](Cc2ccccn2)cc1-c1ccc(C#N)cc1. The van der Waals surface area contributed by atoms with Crippen LogP contribution in [0.1, 0.15) is 11.3 Å². The molecule has 2 aromatic heterocycles. The molecular weight excluding hydrogens is 262 g/mol. The molecule has 5 nitrogen and oxygen atoms in total. The van der Waals surface area contributed by atoms with Gasteiger partial charge < -0.3 is 0 Å². The zero-order valence-corrected chi connectivity index (χ0v) is 11.6. The predicted molar refractivity (Wildman–Crippen MR) is 76.9 cm³/mol. The zero-order chi connectivity index (χ0) is 14.7. The molecule has 2 heterocycles. The molecule has 0 saturated heterocycles. The minimum absolute atomic E-state index is 0.630. The first-order valence-corrected chi connectivity index (χ1v) is 6.60. The lowest BCUT2D eigenvalue weighted by molar-refractivity contribution is -0.747. The molecule has 1 aromatic carbocycles. The predicted octanol–water partition coefficient (Wildman–Crippen LogP) is 1.69. The fourth-order valence-corrected chi connectivity index (χ4v) is 2.18. The maximum Gasteiger partial charge on any atom is 0.197 e. The van der Waals surface area contributed by atoms with Crippen LogP contribution < -0.4 is 4.68 Å². The molecule has 0 aliphatic rings. The number of rotatable bonds is 3. The van der Waals surface area contributed by atoms with E-state index in [1.54, 1.807) is 6.20 Å². The molecule has 0 N–H and O–H groups in total. The van der Waals surface area contributed by atoms with Gasteiger partial charge in [-0.2, -0.15) is 5.26 Å². The molecule has 3 aromatic rings. The summed E-state index contributed by atoms with van der Waals surface area (Å²) in [6, 6.07) is 15.4. The third kappa shape index (κ3) is 2.79. The molecular formula is C16H14N5+. The highest BCUT2D eigenvalue weighted by atomic mass is 15.5. The molecule has 0 unspecified atom stereocenters. The third-order valence-corrected chi connectivity index (χ3v) is 3.23. The third-order valence-electron chi connectivity index (χ3n) is 3.23. The summed E-state index contributed by atoms with van der Waals surface area (Å²) in [6.45, 7) is 0.630. The van der Waals surface area contributed by atoms with E-state index in [2.05, 4.69) is 16.3 Å². The van der Waals surface area contributed by atoms with E-state index in [-0.39, 0.29) is 0 Å². The molecule has 0 aliphatic carbocycles. The summed E-state index contributed by atoms with van der Waals surface area (Å²) < 4.78 is 3.68. The maximum atomic E-state index is 8.84. The van der Waals surface area contributed by atoms with E-state index in [4.69, 9.17) is 5.26 Å². The number of pyridine rings is 1. The van der Waals surface area contributed by atoms with Crippen molar-refractivity contribution < 1.29 is 4.68 Å². The van der Waals surface area contributed by atoms with Crippen LogP contribution in [0.25, 0.3) is 11.3 Å². The molecule has 0 bridgehead atoms. The second-order valence-electron chi connectivity index (χ2n) is 4.74. The van der Waals surface area contributed by atoms with Crippen molar-refractivity contribution in [3.63, 3.8) is 0 Å². The van der Waals surface area contributed by atoms with Crippen LogP contribution in [-0.2, 0) is 13.6 Å². The summed E-state index contributed by atoms with van der Waals surface area (Å²) in [6.07, 6.45) is 3.76. The van der Waals surface area contributed by atoms with Gasteiger partial charge in [-0.15, -0.1) is 9.36 Å². The van der Waals surface area contributed by atoms with Gasteiger partial charge in [-0.05, 0) is 36.4 Å². The quantitative estimate of drug-likeness (QED) is 0.684. The van der Waals surface area contributed by atoms with E-state index in [0.717, 1.165) is 17.0 Å². The largest absolute Gasteiger partial charge is 0.257 e. The average molecular weight is 276 g/mol. The second-order valence-corrected chi connectivity index (χ2v) is 4.74. The Bertz CT molecular complexity index is 782. The van der Waals surface area contributed by atoms with Gasteiger partial charge in [0.2, 0.25) is 0 Å². The number of hydrogen-bond acceptors (Lipinski definition) is 3. The highest BCUT2D eigenvalue weighted by Crippen LogP contribution is 2.17. The van der Waals surface area contributed by atoms with Crippen LogP contribution in [0, 0.1) is 11.3 Å². The molecule has 0 saturated carbocycles. The van der Waals surface area contributed by atoms with Gasteiger partial charge in [0.1, 0.15) is 7.05 Å². The molecule has 21 heavy (non-hydrogen) atoms. The van der Waals surface area contributed by atoms with Crippen molar-refractivity contribution in [2.24, 2.45) is 7.05 Å². The summed E-state index contributed by atoms with van der Waals surface area (Å²) in [7, 11) is 1.91. The van der Waals surface area contributed by atoms with Crippen molar-refractivity contribution in [1.82, 2.24) is 14.9 Å². The van der Waals surface area contributed by atoms with Crippen molar-refractivity contribution in [3.05, 3.63) is 66.1 Å². The topological polar surface area (TPSA) is 58.4 Å². The smallest absolute Gasteiger partial charge is 0.197 e. The van der Waals surface area contributed by atoms with Crippen molar-refractivity contribution >= 4 is 0 Å². The van der Waals surface area contributed by atoms with Crippen LogP contribution in [0.15, 0.2) is 54.9 Å². The van der Waals surface area contributed by atoms with Crippen molar-refractivity contribution in [3.8, 4) is 17.3 Å². The highest BCUT2D eigenvalue weighted by Gasteiger charge is 2.15. The number of aromatic nitrogens is 4. The fourth-order valence-electron chi connectivity index (χ4n) is 2.18. The minimum atomic E-state index is 0.630. The minimum Gasteiger partial charge on any atom is -0.257 e. The number of benzene rings is 1. The van der Waals surface area contributed by atoms with Crippen LogP contribution in [0.2, 0.25) is 0 Å². The summed E-state index contributed by atoms with van der Waals surface area (Å²) in [5.74, 6) is 0. The maximum absolute atomic E-state index is 8.84. The van der Waals surface area contributed by atoms with E-state index in [0.29, 0.717) is 12.1 Å². The Kier molecular flexibility index (Phi) is 3.44. The van der Waals surface area contributed by atoms with Crippen LogP contribution in [-0.4, -0.2) is 14.9 Å². The first kappa shape index (κ1) is 13.0. The van der Waals surface area contributed by atoms with Gasteiger partial charge in [0, 0.05) is 11.8 Å². The number of hydrogen-bond donors (Lipinski definition) is 0. The van der Waals surface area contributed by atoms with E-state index in [1.807, 2.05) is 65.1 Å². The number of nitriles is 1. The van der Waals surface area contributed by atoms with Gasteiger partial charge in [0.05, 0.1) is 22.5 Å². The van der Waals surface area contributed by atoms with Crippen molar-refractivity contribution in [2.45, 2.75) is 6.54 Å². The Morgan fingerprint density at radius 3 is 2.67 bits per heavy atom. The van der Waals surface area contributed by atoms with Gasteiger partial charge in [0.15, 0.2) is 18.4 Å². The van der Waals surface area contributed by atoms with Crippen molar-refractivity contribution in [2.75, 3.05) is 0 Å². The lowest BCUT2D eigenvalue weighted by atomic mass is 10.1. The Labute approximate surface area is 122 Å². The Hall–Kier alpha value is -3.00. The van der Waals surface area contributed by atoms with Gasteiger partial charge in [-0.25, -0.2) is 0 Å². The summed E-state index contributed by atoms with van der Waals surface area (Å²) in [5, 5.41) is 13.3. The van der Waals surface area contributed by atoms with Gasteiger partial charge in [-0.1, -0.05) is 6.07 Å². The molecule has 0 aliphatic heterocycles. The van der Waals surface area contributed by atoms with E-state index >= 15 is 0 Å². The zero-order valence-electron chi connectivity index (χ0n) is 11.6. The normalized spacial score (nSPS) is 10.3. The molecule has 5 heteroatoms. The summed E-state index contributed by atoms with van der Waals surface area (Å²) in [4.78, 5) is 4.30. The van der Waals surface area contributed by atoms with Crippen LogP contribution in [0.5, 0.6) is 0 Å². The summed E-state index contributed by atoms with van der Waals surface area (Å²) in [5.41, 5.74) is 3.65. The Morgan fingerprint density at radius 1 is 1.19 bits per heavy atom. The van der Waals surface area contributed by atoms with Crippen LogP contribution in [0.4, 0.5) is 0 Å². The monoisotopic (exact) mass is 276 g/mol. The lowest BCUT2D eigenvalue weighted by Gasteiger charge is -1.94. The van der Waals surface area contributed by atoms with Gasteiger partial charge in [-0.3, -0.25) is 4.98 Å². The number of nitrogens with zero attached hydrogens (tertiary/aromatic N) is 5. The first-order chi connectivity index (χ1) is 10.3. The average Bonchev–Trinajstić information content (AvgIpc) is 2.89. The summed E-state index contributed by atoms with van der Waals surface area (Å²) >= 11 is 0. The Balaban J connectivity index is 1.89. The fraction of sp³-hybridized carbons (Fsp3) is 0.125. The van der Waals surface area contributed by atoms with E-state index in [9.17, 15) is 0 Å². The molecule has 0 atom stereocenters. The van der Waals surface area contributed by atoms with Crippen molar-refractivity contribution in [1.29, 1.82) is 5.26 Å². The molecule has 0 spiro atoms. The standard InChI is InChI=1S/C16H14N5/c1-20-16(14-7-5-13(10-17)6-8-14)12-21(19-20)11-15-4-2-3-9-18-15/h2-9,12H,11H2,1H3/q+1. The first-order valence-electron chi connectivity index (χ1n) is 6.60. The van der Waals surface area contributed by atoms with Gasteiger partial charge in [0.25, 0.3) is 0 Å². The number of aryl methyl sites for hydroxylation is 1.